The molecule has 0 aliphatic carbocycles. The van der Waals surface area contributed by atoms with Crippen molar-refractivity contribution >= 4 is 28.4 Å². The molecule has 1 aromatic carbocycles. The summed E-state index contributed by atoms with van der Waals surface area (Å²) in [5.41, 5.74) is 1.72. The predicted octanol–water partition coefficient (Wildman–Crippen LogP) is 1.78. The summed E-state index contributed by atoms with van der Waals surface area (Å²) in [4.78, 5) is 32.6. The molecule has 7 nitrogen and oxygen atoms in total. The number of piperazine rings is 1. The summed E-state index contributed by atoms with van der Waals surface area (Å²) in [6.07, 6.45) is 0.202. The van der Waals surface area contributed by atoms with Crippen LogP contribution < -0.4 is 10.6 Å². The molecular weight excluding hydrogens is 350 g/mol. The van der Waals surface area contributed by atoms with Gasteiger partial charge in [0.1, 0.15) is 0 Å². The smallest absolute Gasteiger partial charge is 0.323 e. The highest BCUT2D eigenvalue weighted by atomic mass is 32.1. The number of nitrogens with zero attached hydrogens (tertiary/aromatic N) is 3. The van der Waals surface area contributed by atoms with E-state index in [1.807, 2.05) is 42.8 Å². The molecular formula is C18H23N5O2S. The van der Waals surface area contributed by atoms with Crippen LogP contribution in [-0.4, -0.2) is 59.9 Å². The molecule has 1 aliphatic heterocycles. The van der Waals surface area contributed by atoms with Crippen molar-refractivity contribution in [1.82, 2.24) is 20.1 Å². The minimum Gasteiger partial charge on any atom is -0.352 e. The van der Waals surface area contributed by atoms with Gasteiger partial charge in [-0.15, -0.1) is 11.3 Å². The van der Waals surface area contributed by atoms with Gasteiger partial charge in [-0.05, 0) is 12.6 Å². The number of nitrogens with one attached hydrogen (secondary N) is 2. The molecule has 0 saturated carbocycles. The maximum Gasteiger partial charge on any atom is 0.323 e. The van der Waals surface area contributed by atoms with Crippen molar-refractivity contribution in [1.29, 1.82) is 0 Å². The molecule has 0 atom stereocenters. The first-order valence-corrected chi connectivity index (χ1v) is 9.47. The molecule has 2 N–H and O–H groups in total. The first kappa shape index (κ1) is 18.3. The van der Waals surface area contributed by atoms with Gasteiger partial charge in [-0.1, -0.05) is 30.3 Å². The number of urea groups is 1. The zero-order chi connectivity index (χ0) is 18.4. The molecule has 3 amide bonds. The normalized spacial score (nSPS) is 14.9. The van der Waals surface area contributed by atoms with E-state index in [0.29, 0.717) is 30.5 Å². The van der Waals surface area contributed by atoms with Crippen molar-refractivity contribution in [3.63, 3.8) is 0 Å². The van der Waals surface area contributed by atoms with Crippen LogP contribution in [0.15, 0.2) is 35.7 Å². The Morgan fingerprint density at radius 2 is 1.88 bits per heavy atom. The highest BCUT2D eigenvalue weighted by Gasteiger charge is 2.20. The van der Waals surface area contributed by atoms with E-state index in [2.05, 4.69) is 20.5 Å². The molecule has 138 valence electrons. The summed E-state index contributed by atoms with van der Waals surface area (Å²) in [5.74, 6) is -0.0869. The number of thiazole rings is 1. The number of amides is 3. The van der Waals surface area contributed by atoms with Gasteiger partial charge < -0.3 is 15.1 Å². The maximum absolute atomic E-state index is 12.2. The highest BCUT2D eigenvalue weighted by Crippen LogP contribution is 2.17. The Balaban J connectivity index is 1.45. The van der Waals surface area contributed by atoms with E-state index in [4.69, 9.17) is 0 Å². The number of likely N-dealkylation sites (N-methyl/N-ethyl adjacent to an activating group) is 1. The summed E-state index contributed by atoms with van der Waals surface area (Å²) in [6.45, 7) is 3.66. The molecule has 3 rings (SSSR count). The number of carbonyl (C=O) groups excluding carboxylic acids is 2. The second-order valence-corrected chi connectivity index (χ2v) is 7.16. The van der Waals surface area contributed by atoms with Gasteiger partial charge in [-0.3, -0.25) is 10.1 Å². The lowest BCUT2D eigenvalue weighted by molar-refractivity contribution is -0.120. The van der Waals surface area contributed by atoms with Crippen LogP contribution in [0.5, 0.6) is 0 Å². The first-order valence-electron chi connectivity index (χ1n) is 8.59. The largest absolute Gasteiger partial charge is 0.352 e. The number of anilines is 1. The van der Waals surface area contributed by atoms with Crippen LogP contribution in [0, 0.1) is 0 Å². The summed E-state index contributed by atoms with van der Waals surface area (Å²) in [5, 5.41) is 8.04. The Kier molecular flexibility index (Phi) is 6.19. The van der Waals surface area contributed by atoms with E-state index >= 15 is 0 Å². The summed E-state index contributed by atoms with van der Waals surface area (Å²) in [7, 11) is 2.05. The number of aromatic nitrogens is 1. The summed E-state index contributed by atoms with van der Waals surface area (Å²) >= 11 is 1.34. The molecule has 26 heavy (non-hydrogen) atoms. The fraction of sp³-hybridized carbons (Fsp3) is 0.389. The number of carbonyl (C=O) groups is 2. The van der Waals surface area contributed by atoms with Crippen LogP contribution in [0.2, 0.25) is 0 Å². The first-order chi connectivity index (χ1) is 12.6. The van der Waals surface area contributed by atoms with Crippen LogP contribution in [0.1, 0.15) is 11.3 Å². The Morgan fingerprint density at radius 3 is 2.62 bits per heavy atom. The molecule has 2 heterocycles. The minimum absolute atomic E-state index is 0.0869. The third-order valence-electron chi connectivity index (χ3n) is 4.23. The molecule has 1 aliphatic rings. The number of benzene rings is 1. The quantitative estimate of drug-likeness (QED) is 0.838. The van der Waals surface area contributed by atoms with Gasteiger partial charge in [-0.25, -0.2) is 9.78 Å². The summed E-state index contributed by atoms with van der Waals surface area (Å²) in [6, 6.07) is 9.63. The standard InChI is InChI=1S/C18H23N5O2S/c1-22-7-9-23(10-8-22)18(25)21-17-20-15(13-26-17)11-16(24)19-12-14-5-3-2-4-6-14/h2-6,13H,7-12H2,1H3,(H,19,24)(H,20,21,25). The van der Waals surface area contributed by atoms with Gasteiger partial charge in [0.05, 0.1) is 12.1 Å². The molecule has 0 bridgehead atoms. The minimum atomic E-state index is -0.132. The fourth-order valence-corrected chi connectivity index (χ4v) is 3.35. The van der Waals surface area contributed by atoms with Crippen molar-refractivity contribution in [3.05, 3.63) is 47.0 Å². The third kappa shape index (κ3) is 5.27. The summed E-state index contributed by atoms with van der Waals surface area (Å²) < 4.78 is 0. The molecule has 1 fully saturated rings. The van der Waals surface area contributed by atoms with Crippen molar-refractivity contribution in [2.24, 2.45) is 0 Å². The second-order valence-electron chi connectivity index (χ2n) is 6.30. The Labute approximate surface area is 157 Å². The lowest BCUT2D eigenvalue weighted by Gasteiger charge is -2.32. The van der Waals surface area contributed by atoms with E-state index in [0.717, 1.165) is 18.7 Å². The fourth-order valence-electron chi connectivity index (χ4n) is 2.65. The van der Waals surface area contributed by atoms with Gasteiger partial charge >= 0.3 is 6.03 Å². The lowest BCUT2D eigenvalue weighted by atomic mass is 10.2. The van der Waals surface area contributed by atoms with Gasteiger partial charge in [0, 0.05) is 38.1 Å². The van der Waals surface area contributed by atoms with Gasteiger partial charge in [-0.2, -0.15) is 0 Å². The average molecular weight is 373 g/mol. The Morgan fingerprint density at radius 1 is 1.15 bits per heavy atom. The number of rotatable bonds is 5. The molecule has 2 aromatic rings. The molecule has 8 heteroatoms. The average Bonchev–Trinajstić information content (AvgIpc) is 3.08. The van der Waals surface area contributed by atoms with Crippen LogP contribution in [0.25, 0.3) is 0 Å². The molecule has 0 spiro atoms. The number of hydrogen-bond donors (Lipinski definition) is 2. The second kappa shape index (κ2) is 8.77. The van der Waals surface area contributed by atoms with Crippen molar-refractivity contribution < 1.29 is 9.59 Å². The maximum atomic E-state index is 12.2. The van der Waals surface area contributed by atoms with E-state index in [1.165, 1.54) is 11.3 Å². The van der Waals surface area contributed by atoms with Crippen molar-refractivity contribution in [3.8, 4) is 0 Å². The molecule has 1 saturated heterocycles. The highest BCUT2D eigenvalue weighted by molar-refractivity contribution is 7.13. The molecule has 0 radical (unpaired) electrons. The Bertz CT molecular complexity index is 741. The van der Waals surface area contributed by atoms with E-state index in [9.17, 15) is 9.59 Å². The van der Waals surface area contributed by atoms with E-state index in [-0.39, 0.29) is 18.4 Å². The SMILES string of the molecule is CN1CCN(C(=O)Nc2nc(CC(=O)NCc3ccccc3)cs2)CC1. The molecule has 0 unspecified atom stereocenters. The van der Waals surface area contributed by atoms with Crippen molar-refractivity contribution in [2.45, 2.75) is 13.0 Å². The topological polar surface area (TPSA) is 77.6 Å². The molecule has 1 aromatic heterocycles. The van der Waals surface area contributed by atoms with Gasteiger partial charge in [0.15, 0.2) is 5.13 Å². The lowest BCUT2D eigenvalue weighted by Crippen LogP contribution is -2.48. The van der Waals surface area contributed by atoms with Crippen LogP contribution >= 0.6 is 11.3 Å². The number of hydrogen-bond acceptors (Lipinski definition) is 5. The van der Waals surface area contributed by atoms with E-state index < -0.39 is 0 Å². The van der Waals surface area contributed by atoms with Crippen LogP contribution in [-0.2, 0) is 17.8 Å². The van der Waals surface area contributed by atoms with E-state index in [1.54, 1.807) is 4.90 Å². The zero-order valence-electron chi connectivity index (χ0n) is 14.8. The Hall–Kier alpha value is -2.45. The monoisotopic (exact) mass is 373 g/mol. The zero-order valence-corrected chi connectivity index (χ0v) is 15.6. The predicted molar refractivity (Wildman–Crippen MR) is 102 cm³/mol. The third-order valence-corrected chi connectivity index (χ3v) is 5.04. The van der Waals surface area contributed by atoms with Gasteiger partial charge in [0.2, 0.25) is 5.91 Å². The van der Waals surface area contributed by atoms with Crippen molar-refractivity contribution in [2.75, 3.05) is 38.5 Å². The van der Waals surface area contributed by atoms with Gasteiger partial charge in [0.25, 0.3) is 0 Å². The van der Waals surface area contributed by atoms with Crippen LogP contribution in [0.3, 0.4) is 0 Å². The van der Waals surface area contributed by atoms with Crippen LogP contribution in [0.4, 0.5) is 9.93 Å².